The maximum absolute atomic E-state index is 11.2. The second-order valence-electron chi connectivity index (χ2n) is 4.62. The molecule has 0 aliphatic rings. The molecule has 0 bridgehead atoms. The van der Waals surface area contributed by atoms with Crippen LogP contribution in [-0.4, -0.2) is 45.8 Å². The second-order valence-corrected chi connectivity index (χ2v) is 6.37. The third kappa shape index (κ3) is 9.00. The van der Waals surface area contributed by atoms with Gasteiger partial charge in [-0.3, -0.25) is 4.99 Å². The lowest BCUT2D eigenvalue weighted by Gasteiger charge is -2.23. The van der Waals surface area contributed by atoms with Crippen LogP contribution in [0.3, 0.4) is 0 Å². The number of nitrogens with zero attached hydrogens (tertiary/aromatic N) is 1. The topological polar surface area (TPSA) is 82.6 Å². The van der Waals surface area contributed by atoms with Crippen LogP contribution in [0, 0.1) is 0 Å². The first-order valence-electron chi connectivity index (χ1n) is 5.82. The molecular formula is C11H24N4O2S. The molecule has 106 valence electrons. The van der Waals surface area contributed by atoms with E-state index >= 15 is 0 Å². The van der Waals surface area contributed by atoms with Crippen LogP contribution < -0.4 is 15.4 Å². The molecule has 0 aliphatic heterocycles. The van der Waals surface area contributed by atoms with Gasteiger partial charge in [-0.05, 0) is 20.8 Å². The minimum absolute atomic E-state index is 0.340. The summed E-state index contributed by atoms with van der Waals surface area (Å²) in [6.07, 6.45) is 2.87. The van der Waals surface area contributed by atoms with Crippen molar-refractivity contribution >= 4 is 16.0 Å². The van der Waals surface area contributed by atoms with Gasteiger partial charge in [-0.25, -0.2) is 13.1 Å². The van der Waals surface area contributed by atoms with Gasteiger partial charge in [-0.15, -0.1) is 6.58 Å². The largest absolute Gasteiger partial charge is 0.357 e. The van der Waals surface area contributed by atoms with E-state index < -0.39 is 15.6 Å². The molecule has 0 fully saturated rings. The SMILES string of the molecule is C=CCNC(=NCC(C)(C)NS(C)(=O)=O)NCC. The van der Waals surface area contributed by atoms with Crippen molar-refractivity contribution in [2.75, 3.05) is 25.9 Å². The maximum Gasteiger partial charge on any atom is 0.209 e. The summed E-state index contributed by atoms with van der Waals surface area (Å²) in [6.45, 7) is 10.8. The second kappa shape index (κ2) is 7.38. The minimum Gasteiger partial charge on any atom is -0.357 e. The zero-order valence-corrected chi connectivity index (χ0v) is 12.4. The standard InChI is InChI=1S/C11H24N4O2S/c1-6-8-13-10(12-7-2)14-9-11(3,4)15-18(5,16)17/h6,15H,1,7-9H2,2-5H3,(H2,12,13,14). The van der Waals surface area contributed by atoms with Crippen molar-refractivity contribution in [3.63, 3.8) is 0 Å². The quantitative estimate of drug-likeness (QED) is 0.349. The van der Waals surface area contributed by atoms with E-state index in [1.165, 1.54) is 0 Å². The van der Waals surface area contributed by atoms with Crippen LogP contribution in [0.25, 0.3) is 0 Å². The fourth-order valence-corrected chi connectivity index (χ4v) is 2.39. The van der Waals surface area contributed by atoms with E-state index in [-0.39, 0.29) is 0 Å². The average molecular weight is 276 g/mol. The lowest BCUT2D eigenvalue weighted by molar-refractivity contribution is 0.464. The lowest BCUT2D eigenvalue weighted by Crippen LogP contribution is -2.46. The van der Waals surface area contributed by atoms with Crippen LogP contribution >= 0.6 is 0 Å². The first-order valence-corrected chi connectivity index (χ1v) is 7.71. The van der Waals surface area contributed by atoms with Gasteiger partial charge < -0.3 is 10.6 Å². The molecule has 0 heterocycles. The van der Waals surface area contributed by atoms with E-state index in [0.717, 1.165) is 12.8 Å². The summed E-state index contributed by atoms with van der Waals surface area (Å²) in [7, 11) is -3.24. The normalized spacial score (nSPS) is 13.2. The Bertz CT molecular complexity index is 388. The van der Waals surface area contributed by atoms with Crippen molar-refractivity contribution in [2.24, 2.45) is 4.99 Å². The van der Waals surface area contributed by atoms with Crippen molar-refractivity contribution in [1.29, 1.82) is 0 Å². The smallest absolute Gasteiger partial charge is 0.209 e. The highest BCUT2D eigenvalue weighted by atomic mass is 32.2. The van der Waals surface area contributed by atoms with Crippen LogP contribution in [0.5, 0.6) is 0 Å². The third-order valence-corrected chi connectivity index (χ3v) is 2.78. The number of sulfonamides is 1. The van der Waals surface area contributed by atoms with Crippen LogP contribution in [0.1, 0.15) is 20.8 Å². The Morgan fingerprint density at radius 3 is 2.44 bits per heavy atom. The minimum atomic E-state index is -3.24. The van der Waals surface area contributed by atoms with Crippen molar-refractivity contribution in [1.82, 2.24) is 15.4 Å². The van der Waals surface area contributed by atoms with Gasteiger partial charge in [0.05, 0.1) is 12.8 Å². The molecule has 0 saturated heterocycles. The fourth-order valence-electron chi connectivity index (χ4n) is 1.32. The van der Waals surface area contributed by atoms with Gasteiger partial charge in [-0.2, -0.15) is 0 Å². The van der Waals surface area contributed by atoms with E-state index in [9.17, 15) is 8.42 Å². The molecule has 0 aromatic rings. The van der Waals surface area contributed by atoms with E-state index in [1.807, 2.05) is 6.92 Å². The number of nitrogens with one attached hydrogen (secondary N) is 3. The molecule has 0 aromatic carbocycles. The van der Waals surface area contributed by atoms with Crippen molar-refractivity contribution in [2.45, 2.75) is 26.3 Å². The van der Waals surface area contributed by atoms with Crippen LogP contribution in [0.4, 0.5) is 0 Å². The summed E-state index contributed by atoms with van der Waals surface area (Å²) in [6, 6.07) is 0. The number of hydrogen-bond acceptors (Lipinski definition) is 3. The van der Waals surface area contributed by atoms with E-state index in [4.69, 9.17) is 0 Å². The predicted octanol–water partition coefficient (Wildman–Crippen LogP) is 0.0553. The Morgan fingerprint density at radius 2 is 2.00 bits per heavy atom. The third-order valence-electron chi connectivity index (χ3n) is 1.85. The van der Waals surface area contributed by atoms with Crippen LogP contribution in [0.2, 0.25) is 0 Å². The Labute approximate surface area is 110 Å². The van der Waals surface area contributed by atoms with Crippen LogP contribution in [-0.2, 0) is 10.0 Å². The van der Waals surface area contributed by atoms with Gasteiger partial charge in [0.2, 0.25) is 10.0 Å². The summed E-state index contributed by atoms with van der Waals surface area (Å²) < 4.78 is 24.9. The number of aliphatic imine (C=N–C) groups is 1. The number of guanidine groups is 1. The summed E-state index contributed by atoms with van der Waals surface area (Å²) in [5.41, 5.74) is -0.621. The molecule has 7 heteroatoms. The molecule has 0 unspecified atom stereocenters. The van der Waals surface area contributed by atoms with Gasteiger partial charge in [0.1, 0.15) is 0 Å². The Hall–Kier alpha value is -1.08. The monoisotopic (exact) mass is 276 g/mol. The molecular weight excluding hydrogens is 252 g/mol. The van der Waals surface area contributed by atoms with E-state index in [1.54, 1.807) is 19.9 Å². The van der Waals surface area contributed by atoms with Gasteiger partial charge in [0.25, 0.3) is 0 Å². The molecule has 0 atom stereocenters. The fraction of sp³-hybridized carbons (Fsp3) is 0.727. The number of rotatable bonds is 7. The molecule has 3 N–H and O–H groups in total. The van der Waals surface area contributed by atoms with Gasteiger partial charge in [0.15, 0.2) is 5.96 Å². The first-order chi connectivity index (χ1) is 8.20. The van der Waals surface area contributed by atoms with Gasteiger partial charge in [-0.1, -0.05) is 6.08 Å². The van der Waals surface area contributed by atoms with Gasteiger partial charge in [0, 0.05) is 18.6 Å². The first kappa shape index (κ1) is 16.9. The molecule has 18 heavy (non-hydrogen) atoms. The molecule has 0 rings (SSSR count). The Morgan fingerprint density at radius 1 is 1.39 bits per heavy atom. The van der Waals surface area contributed by atoms with E-state index in [2.05, 4.69) is 26.9 Å². The summed E-state index contributed by atoms with van der Waals surface area (Å²) in [4.78, 5) is 4.33. The number of hydrogen-bond donors (Lipinski definition) is 3. The maximum atomic E-state index is 11.2. The molecule has 0 aliphatic carbocycles. The van der Waals surface area contributed by atoms with Crippen LogP contribution in [0.15, 0.2) is 17.6 Å². The highest BCUT2D eigenvalue weighted by molar-refractivity contribution is 7.88. The summed E-state index contributed by atoms with van der Waals surface area (Å²) in [5, 5.41) is 6.12. The van der Waals surface area contributed by atoms with Crippen molar-refractivity contribution < 1.29 is 8.42 Å². The van der Waals surface area contributed by atoms with Gasteiger partial charge >= 0.3 is 0 Å². The van der Waals surface area contributed by atoms with E-state index in [0.29, 0.717) is 19.0 Å². The molecule has 0 aromatic heterocycles. The zero-order chi connectivity index (χ0) is 14.2. The van der Waals surface area contributed by atoms with Crippen molar-refractivity contribution in [3.05, 3.63) is 12.7 Å². The Balaban J connectivity index is 4.57. The molecule has 6 nitrogen and oxygen atoms in total. The predicted molar refractivity (Wildman–Crippen MR) is 76.2 cm³/mol. The molecule has 0 saturated carbocycles. The Kier molecular flexibility index (Phi) is 6.93. The molecule has 0 radical (unpaired) electrons. The average Bonchev–Trinajstić information content (AvgIpc) is 2.19. The summed E-state index contributed by atoms with van der Waals surface area (Å²) in [5.74, 6) is 0.640. The highest BCUT2D eigenvalue weighted by Crippen LogP contribution is 2.04. The van der Waals surface area contributed by atoms with Crippen molar-refractivity contribution in [3.8, 4) is 0 Å². The molecule has 0 amide bonds. The summed E-state index contributed by atoms with van der Waals surface area (Å²) >= 11 is 0. The highest BCUT2D eigenvalue weighted by Gasteiger charge is 2.21. The zero-order valence-electron chi connectivity index (χ0n) is 11.6. The molecule has 0 spiro atoms. The lowest BCUT2D eigenvalue weighted by atomic mass is 10.1.